The van der Waals surface area contributed by atoms with Gasteiger partial charge in [0.2, 0.25) is 0 Å². The summed E-state index contributed by atoms with van der Waals surface area (Å²) in [6.45, 7) is 3.65. The zero-order valence-electron chi connectivity index (χ0n) is 33.8. The van der Waals surface area contributed by atoms with Crippen LogP contribution in [0.3, 0.4) is 0 Å². The van der Waals surface area contributed by atoms with Crippen molar-refractivity contribution >= 4 is 57.9 Å². The van der Waals surface area contributed by atoms with Crippen molar-refractivity contribution in [2.45, 2.75) is 32.5 Å². The van der Waals surface area contributed by atoms with Gasteiger partial charge in [-0.15, -0.1) is 0 Å². The molecular weight excluding hydrogens is 840 g/mol. The molecule has 0 aromatic heterocycles. The van der Waals surface area contributed by atoms with Gasteiger partial charge < -0.3 is 45.8 Å². The predicted octanol–water partition coefficient (Wildman–Crippen LogP) is 7.72. The number of rotatable bonds is 21. The highest BCUT2D eigenvalue weighted by molar-refractivity contribution is 7.80. The van der Waals surface area contributed by atoms with Crippen molar-refractivity contribution < 1.29 is 23.7 Å². The van der Waals surface area contributed by atoms with Crippen LogP contribution in [0.4, 0.5) is 0 Å². The Labute approximate surface area is 373 Å². The van der Waals surface area contributed by atoms with Crippen molar-refractivity contribution in [1.29, 1.82) is 0 Å². The number of thiocarbonyl (C=S) groups is 2. The quantitative estimate of drug-likeness (QED) is 0.0425. The Hall–Kier alpha value is -5.02. The molecule has 0 bridgehead atoms. The summed E-state index contributed by atoms with van der Waals surface area (Å²) in [6.07, 6.45) is 1.31. The lowest BCUT2D eigenvalue weighted by atomic mass is 10.1. The van der Waals surface area contributed by atoms with E-state index in [9.17, 15) is 0 Å². The zero-order chi connectivity index (χ0) is 42.7. The molecule has 0 amide bonds. The summed E-state index contributed by atoms with van der Waals surface area (Å²) in [5, 5.41) is 12.9. The third-order valence-corrected chi connectivity index (χ3v) is 10.5. The molecular formula is C45H52Cl2N6O5S2. The number of halogens is 2. The molecule has 0 saturated heterocycles. The van der Waals surface area contributed by atoms with Crippen molar-refractivity contribution in [2.24, 2.45) is 11.5 Å². The van der Waals surface area contributed by atoms with Crippen molar-refractivity contribution in [3.8, 4) is 28.7 Å². The molecule has 0 unspecified atom stereocenters. The second-order valence-electron chi connectivity index (χ2n) is 13.5. The van der Waals surface area contributed by atoms with Crippen molar-refractivity contribution in [3.63, 3.8) is 0 Å². The summed E-state index contributed by atoms with van der Waals surface area (Å²) in [5.74, 6) is 3.12. The van der Waals surface area contributed by atoms with Gasteiger partial charge in [-0.1, -0.05) is 83.9 Å². The SMILES string of the molecule is COc1cc(CN(C(=S)NCCc2ccc(OCc3ccccc3)cc2)N(Cc2ccc(OCCN)c(OC)c2)C(=S)NCCc2ccc(Cl)cc2Cl)ccc1OCCN. The molecule has 5 aromatic rings. The normalized spacial score (nSPS) is 10.7. The maximum absolute atomic E-state index is 6.52. The number of ether oxygens (including phenoxy) is 5. The van der Waals surface area contributed by atoms with Crippen LogP contribution in [0.25, 0.3) is 0 Å². The highest BCUT2D eigenvalue weighted by Crippen LogP contribution is 2.31. The molecule has 318 valence electrons. The number of hydrogen-bond acceptors (Lipinski definition) is 9. The van der Waals surface area contributed by atoms with Gasteiger partial charge in [-0.05, 0) is 114 Å². The molecule has 0 heterocycles. The largest absolute Gasteiger partial charge is 0.493 e. The van der Waals surface area contributed by atoms with Gasteiger partial charge in [0.05, 0.1) is 27.3 Å². The summed E-state index contributed by atoms with van der Waals surface area (Å²) >= 11 is 25.0. The van der Waals surface area contributed by atoms with E-state index in [1.165, 1.54) is 0 Å². The molecule has 0 radical (unpaired) electrons. The molecule has 0 atom stereocenters. The van der Waals surface area contributed by atoms with E-state index in [1.54, 1.807) is 20.3 Å². The van der Waals surface area contributed by atoms with E-state index in [2.05, 4.69) is 22.8 Å². The molecule has 0 spiro atoms. The Balaban J connectivity index is 1.40. The van der Waals surface area contributed by atoms with Gasteiger partial charge in [0.15, 0.2) is 33.2 Å². The molecule has 0 aliphatic heterocycles. The first kappa shape index (κ1) is 46.1. The smallest absolute Gasteiger partial charge is 0.188 e. The van der Waals surface area contributed by atoms with E-state index in [4.69, 9.17) is 82.8 Å². The van der Waals surface area contributed by atoms with Crippen LogP contribution >= 0.6 is 47.6 Å². The molecule has 11 nitrogen and oxygen atoms in total. The van der Waals surface area contributed by atoms with Crippen molar-refractivity contribution in [2.75, 3.05) is 53.6 Å². The molecule has 15 heteroatoms. The van der Waals surface area contributed by atoms with E-state index >= 15 is 0 Å². The van der Waals surface area contributed by atoms with Crippen LogP contribution in [0.15, 0.2) is 109 Å². The molecule has 60 heavy (non-hydrogen) atoms. The van der Waals surface area contributed by atoms with Crippen LogP contribution in [0.5, 0.6) is 28.7 Å². The van der Waals surface area contributed by atoms with Crippen LogP contribution in [-0.2, 0) is 32.5 Å². The highest BCUT2D eigenvalue weighted by Gasteiger charge is 2.24. The van der Waals surface area contributed by atoms with Gasteiger partial charge in [-0.3, -0.25) is 10.0 Å². The Morgan fingerprint density at radius 2 is 1.12 bits per heavy atom. The number of benzene rings is 5. The lowest BCUT2D eigenvalue weighted by Crippen LogP contribution is -2.55. The number of hydrazine groups is 1. The monoisotopic (exact) mass is 890 g/mol. The summed E-state index contributed by atoms with van der Waals surface area (Å²) < 4.78 is 29.1. The van der Waals surface area contributed by atoms with Crippen LogP contribution in [0, 0.1) is 0 Å². The first-order valence-electron chi connectivity index (χ1n) is 19.5. The van der Waals surface area contributed by atoms with Crippen LogP contribution in [0.2, 0.25) is 10.0 Å². The average molecular weight is 892 g/mol. The molecule has 6 N–H and O–H groups in total. The van der Waals surface area contributed by atoms with Crippen LogP contribution in [0.1, 0.15) is 27.8 Å². The van der Waals surface area contributed by atoms with E-state index < -0.39 is 0 Å². The van der Waals surface area contributed by atoms with E-state index in [-0.39, 0.29) is 0 Å². The fourth-order valence-corrected chi connectivity index (χ4v) is 7.13. The third-order valence-electron chi connectivity index (χ3n) is 9.18. The number of nitrogens with one attached hydrogen (secondary N) is 2. The first-order chi connectivity index (χ1) is 29.2. The van der Waals surface area contributed by atoms with Crippen LogP contribution < -0.4 is 45.8 Å². The first-order valence-corrected chi connectivity index (χ1v) is 21.1. The molecule has 0 fully saturated rings. The highest BCUT2D eigenvalue weighted by atomic mass is 35.5. The predicted molar refractivity (Wildman–Crippen MR) is 248 cm³/mol. The second kappa shape index (κ2) is 24.3. The number of methoxy groups -OCH3 is 2. The fourth-order valence-electron chi connectivity index (χ4n) is 6.09. The summed E-state index contributed by atoms with van der Waals surface area (Å²) in [6, 6.07) is 35.2. The Morgan fingerprint density at radius 1 is 0.583 bits per heavy atom. The lowest BCUT2D eigenvalue weighted by molar-refractivity contribution is 0.111. The zero-order valence-corrected chi connectivity index (χ0v) is 37.0. The molecule has 0 aliphatic rings. The summed E-state index contributed by atoms with van der Waals surface area (Å²) in [5.41, 5.74) is 16.4. The molecule has 5 rings (SSSR count). The molecule has 0 saturated carbocycles. The Morgan fingerprint density at radius 3 is 1.63 bits per heavy atom. The van der Waals surface area contributed by atoms with Crippen molar-refractivity contribution in [1.82, 2.24) is 20.7 Å². The number of nitrogens with zero attached hydrogens (tertiary/aromatic N) is 2. The Bertz CT molecular complexity index is 2130. The van der Waals surface area contributed by atoms with E-state index in [0.717, 1.165) is 33.6 Å². The Kier molecular flexibility index (Phi) is 18.6. The van der Waals surface area contributed by atoms with Gasteiger partial charge in [0.25, 0.3) is 0 Å². The minimum absolute atomic E-state index is 0.322. The van der Waals surface area contributed by atoms with E-state index in [0.29, 0.717) is 115 Å². The minimum Gasteiger partial charge on any atom is -0.493 e. The summed E-state index contributed by atoms with van der Waals surface area (Å²) in [4.78, 5) is 0. The number of hydrogen-bond donors (Lipinski definition) is 4. The van der Waals surface area contributed by atoms with E-state index in [1.807, 2.05) is 101 Å². The van der Waals surface area contributed by atoms with Crippen LogP contribution in [-0.4, -0.2) is 73.9 Å². The maximum Gasteiger partial charge on any atom is 0.188 e. The van der Waals surface area contributed by atoms with Crippen molar-refractivity contribution in [3.05, 3.63) is 147 Å². The third kappa shape index (κ3) is 14.0. The summed E-state index contributed by atoms with van der Waals surface area (Å²) in [7, 11) is 3.21. The topological polar surface area (TPSA) is 129 Å². The van der Waals surface area contributed by atoms with Gasteiger partial charge in [-0.25, -0.2) is 0 Å². The molecule has 0 aliphatic carbocycles. The van der Waals surface area contributed by atoms with Gasteiger partial charge in [0.1, 0.15) is 25.6 Å². The fraction of sp³-hybridized carbons (Fsp3) is 0.289. The van der Waals surface area contributed by atoms with Gasteiger partial charge >= 0.3 is 0 Å². The van der Waals surface area contributed by atoms with Gasteiger partial charge in [0, 0.05) is 36.2 Å². The minimum atomic E-state index is 0.322. The lowest BCUT2D eigenvalue weighted by Gasteiger charge is -2.39. The molecule has 5 aromatic carbocycles. The standard InChI is InChI=1S/C45H52Cl2N6O5S2/c1-54-42-26-34(10-16-40(42)56-24-20-48)29-52(44(59)50-22-18-32-8-14-38(15-9-32)58-31-33-6-4-3-5-7-33)53(30-35-11-17-41(57-25-21-49)43(27-35)55-2)45(60)51-23-19-36-12-13-37(46)28-39(36)47/h3-17,26-28H,18-25,29-31,48-49H2,1-2H3,(H,50,59)(H,51,60). The second-order valence-corrected chi connectivity index (χ2v) is 15.1. The maximum atomic E-state index is 6.52. The number of nitrogens with two attached hydrogens (primary N) is 2. The van der Waals surface area contributed by atoms with Gasteiger partial charge in [-0.2, -0.15) is 0 Å². The average Bonchev–Trinajstić information content (AvgIpc) is 3.27.